The zero-order chi connectivity index (χ0) is 25.1. The Labute approximate surface area is 219 Å². The van der Waals surface area contributed by atoms with Gasteiger partial charge in [-0.25, -0.2) is 0 Å². The molecule has 0 saturated heterocycles. The summed E-state index contributed by atoms with van der Waals surface area (Å²) in [6.45, 7) is 19.6. The van der Waals surface area contributed by atoms with Crippen LogP contribution >= 0.6 is 0 Å². The van der Waals surface area contributed by atoms with Crippen molar-refractivity contribution >= 4 is 16.7 Å². The van der Waals surface area contributed by atoms with Gasteiger partial charge < -0.3 is 5.11 Å². The third-order valence-electron chi connectivity index (χ3n) is 5.68. The van der Waals surface area contributed by atoms with Crippen LogP contribution in [0.15, 0.2) is 48.2 Å². The molecule has 0 aliphatic rings. The van der Waals surface area contributed by atoms with E-state index in [4.69, 9.17) is 4.98 Å². The van der Waals surface area contributed by atoms with Crippen LogP contribution in [0.4, 0.5) is 0 Å². The molecule has 4 heteroatoms. The number of fused-ring (bicyclic) bond motifs is 1. The van der Waals surface area contributed by atoms with Gasteiger partial charge in [0.15, 0.2) is 5.78 Å². The molecule has 0 spiro atoms. The van der Waals surface area contributed by atoms with E-state index < -0.39 is 5.41 Å². The molecule has 0 atom stereocenters. The zero-order valence-corrected chi connectivity index (χ0v) is 24.6. The van der Waals surface area contributed by atoms with Crippen molar-refractivity contribution in [3.63, 3.8) is 0 Å². The minimum Gasteiger partial charge on any atom is -0.512 e. The molecule has 0 amide bonds. The number of carbonyl (C=O) groups is 1. The number of aliphatic hydroxyl groups is 1. The number of aliphatic hydroxyl groups excluding tert-OH is 1. The van der Waals surface area contributed by atoms with Gasteiger partial charge >= 0.3 is 0 Å². The normalized spacial score (nSPS) is 12.0. The second-order valence-electron chi connectivity index (χ2n) is 10.9. The molecule has 3 nitrogen and oxygen atoms in total. The summed E-state index contributed by atoms with van der Waals surface area (Å²) in [5, 5.41) is 10.8. The average Bonchev–Trinajstić information content (AvgIpc) is 2.69. The Bertz CT molecular complexity index is 1190. The molecular formula is C30H38IrNO2-. The largest absolute Gasteiger partial charge is 0.512 e. The third-order valence-corrected chi connectivity index (χ3v) is 5.68. The van der Waals surface area contributed by atoms with Crippen LogP contribution in [0.5, 0.6) is 0 Å². The Morgan fingerprint density at radius 1 is 0.912 bits per heavy atom. The van der Waals surface area contributed by atoms with Gasteiger partial charge in [0.2, 0.25) is 0 Å². The standard InChI is InChI=1S/C19H18N.C11H20O2.Ir/c1-12-9-13(2)15(4)17(10-12)19-11-14(3)16-7-5-6-8-18(16)20-19;1-10(2,3)8(12)7-9(13)11(4,5)6;/h5-9,11H,1-4H3;7,12H,1-6H3;/q-1;;/b;8-7-;. The number of aromatic nitrogens is 1. The molecule has 3 aromatic rings. The SMILES string of the molecule is CC(C)(C)C(=O)/C=C(\O)C(C)(C)C.Cc1[c-]c(-c2cc(C)c3ccccc3n2)c(C)c(C)c1.[Ir]. The minimum absolute atomic E-state index is 0. The molecule has 3 rings (SSSR count). The molecule has 1 N–H and O–H groups in total. The molecule has 185 valence electrons. The van der Waals surface area contributed by atoms with Gasteiger partial charge in [-0.05, 0) is 24.2 Å². The number of para-hydroxylation sites is 1. The van der Waals surface area contributed by atoms with Gasteiger partial charge in [-0.15, -0.1) is 34.4 Å². The Kier molecular flexibility index (Phi) is 9.99. The molecule has 0 bridgehead atoms. The summed E-state index contributed by atoms with van der Waals surface area (Å²) in [6, 6.07) is 16.1. The third kappa shape index (κ3) is 7.61. The van der Waals surface area contributed by atoms with Crippen LogP contribution in [0.3, 0.4) is 0 Å². The molecular weight excluding hydrogens is 599 g/mol. The summed E-state index contributed by atoms with van der Waals surface area (Å²) in [7, 11) is 0. The predicted octanol–water partition coefficient (Wildman–Crippen LogP) is 8.02. The van der Waals surface area contributed by atoms with E-state index in [2.05, 4.69) is 64.1 Å². The van der Waals surface area contributed by atoms with Crippen LogP contribution in [-0.4, -0.2) is 15.9 Å². The van der Waals surface area contributed by atoms with Crippen molar-refractivity contribution in [1.82, 2.24) is 4.98 Å². The average molecular weight is 637 g/mol. The number of nitrogens with zero attached hydrogens (tertiary/aromatic N) is 1. The number of pyridine rings is 1. The van der Waals surface area contributed by atoms with Gasteiger partial charge in [-0.2, -0.15) is 0 Å². The van der Waals surface area contributed by atoms with Crippen molar-refractivity contribution in [3.8, 4) is 11.3 Å². The number of allylic oxidation sites excluding steroid dienone is 2. The number of hydrogen-bond donors (Lipinski definition) is 1. The van der Waals surface area contributed by atoms with E-state index in [0.717, 1.165) is 22.3 Å². The first-order valence-corrected chi connectivity index (χ1v) is 11.4. The molecule has 1 aromatic heterocycles. The zero-order valence-electron chi connectivity index (χ0n) is 22.2. The summed E-state index contributed by atoms with van der Waals surface area (Å²) in [5.41, 5.74) is 7.41. The van der Waals surface area contributed by atoms with Crippen LogP contribution < -0.4 is 0 Å². The van der Waals surface area contributed by atoms with Crippen LogP contribution in [0.25, 0.3) is 22.2 Å². The van der Waals surface area contributed by atoms with Crippen LogP contribution in [-0.2, 0) is 24.9 Å². The van der Waals surface area contributed by atoms with Crippen molar-refractivity contribution in [3.05, 3.63) is 76.6 Å². The van der Waals surface area contributed by atoms with Gasteiger partial charge in [-0.1, -0.05) is 86.6 Å². The van der Waals surface area contributed by atoms with E-state index in [1.54, 1.807) is 0 Å². The molecule has 34 heavy (non-hydrogen) atoms. The summed E-state index contributed by atoms with van der Waals surface area (Å²) in [5.74, 6) is 0.104. The molecule has 2 aromatic carbocycles. The van der Waals surface area contributed by atoms with Crippen molar-refractivity contribution in [2.45, 2.75) is 69.2 Å². The van der Waals surface area contributed by atoms with Gasteiger partial charge in [-0.3, -0.25) is 9.78 Å². The molecule has 1 radical (unpaired) electrons. The summed E-state index contributed by atoms with van der Waals surface area (Å²) in [6.07, 6.45) is 1.33. The maximum atomic E-state index is 11.5. The maximum Gasteiger partial charge on any atom is 0.164 e. The van der Waals surface area contributed by atoms with E-state index >= 15 is 0 Å². The van der Waals surface area contributed by atoms with E-state index in [1.807, 2.05) is 47.6 Å². The molecule has 0 fully saturated rings. The number of rotatable bonds is 2. The Hall–Kier alpha value is -2.29. The summed E-state index contributed by atoms with van der Waals surface area (Å²) >= 11 is 0. The van der Waals surface area contributed by atoms with E-state index in [1.165, 1.54) is 28.2 Å². The van der Waals surface area contributed by atoms with Crippen molar-refractivity contribution in [1.29, 1.82) is 0 Å². The second-order valence-corrected chi connectivity index (χ2v) is 10.9. The molecule has 0 aliphatic carbocycles. The fourth-order valence-corrected chi connectivity index (χ4v) is 3.25. The molecule has 0 unspecified atom stereocenters. The second kappa shape index (κ2) is 11.4. The minimum atomic E-state index is -0.417. The maximum absolute atomic E-state index is 11.5. The van der Waals surface area contributed by atoms with Crippen LogP contribution in [0, 0.1) is 44.6 Å². The van der Waals surface area contributed by atoms with E-state index in [0.29, 0.717) is 0 Å². The number of benzene rings is 2. The van der Waals surface area contributed by atoms with Gasteiger partial charge in [0, 0.05) is 42.4 Å². The quantitative estimate of drug-likeness (QED) is 0.176. The van der Waals surface area contributed by atoms with Gasteiger partial charge in [0.25, 0.3) is 0 Å². The number of carbonyl (C=O) groups excluding carboxylic acids is 1. The molecule has 1 heterocycles. The first kappa shape index (κ1) is 29.7. The smallest absolute Gasteiger partial charge is 0.164 e. The van der Waals surface area contributed by atoms with Crippen molar-refractivity contribution in [2.75, 3.05) is 0 Å². The molecule has 0 aliphatic heterocycles. The number of ketones is 1. The summed E-state index contributed by atoms with van der Waals surface area (Å²) < 4.78 is 0. The van der Waals surface area contributed by atoms with Gasteiger partial charge in [0.1, 0.15) is 5.76 Å². The number of hydrogen-bond acceptors (Lipinski definition) is 3. The first-order valence-electron chi connectivity index (χ1n) is 11.4. The fraction of sp³-hybridized carbons (Fsp3) is 0.400. The Morgan fingerprint density at radius 2 is 1.50 bits per heavy atom. The predicted molar refractivity (Wildman–Crippen MR) is 140 cm³/mol. The monoisotopic (exact) mass is 637 g/mol. The van der Waals surface area contributed by atoms with Crippen LogP contribution in [0.2, 0.25) is 0 Å². The topological polar surface area (TPSA) is 50.2 Å². The molecule has 0 saturated carbocycles. The first-order chi connectivity index (χ1) is 15.1. The number of aryl methyl sites for hydroxylation is 3. The van der Waals surface area contributed by atoms with E-state index in [9.17, 15) is 9.90 Å². The van der Waals surface area contributed by atoms with E-state index in [-0.39, 0.29) is 37.1 Å². The fourth-order valence-electron chi connectivity index (χ4n) is 3.25. The van der Waals surface area contributed by atoms with Crippen molar-refractivity contribution in [2.24, 2.45) is 10.8 Å². The summed E-state index contributed by atoms with van der Waals surface area (Å²) in [4.78, 5) is 16.3. The van der Waals surface area contributed by atoms with Crippen molar-refractivity contribution < 1.29 is 30.0 Å². The Balaban J connectivity index is 0.000000364. The van der Waals surface area contributed by atoms with Gasteiger partial charge in [0.05, 0.1) is 5.52 Å². The van der Waals surface area contributed by atoms with Crippen LogP contribution in [0.1, 0.15) is 63.8 Å². The Morgan fingerprint density at radius 3 is 2.06 bits per heavy atom.